The molecule has 188 valence electrons. The molecule has 1 atom stereocenters. The maximum absolute atomic E-state index is 12.6. The highest BCUT2D eigenvalue weighted by atomic mass is 16.5. The Morgan fingerprint density at radius 3 is 2.56 bits per heavy atom. The van der Waals surface area contributed by atoms with Crippen LogP contribution in [0.15, 0.2) is 53.1 Å². The van der Waals surface area contributed by atoms with Crippen molar-refractivity contribution in [2.75, 3.05) is 23.4 Å². The molecule has 0 saturated carbocycles. The van der Waals surface area contributed by atoms with E-state index in [1.165, 1.54) is 0 Å². The molecule has 36 heavy (non-hydrogen) atoms. The third kappa shape index (κ3) is 5.91. The molecule has 0 radical (unpaired) electrons. The van der Waals surface area contributed by atoms with Gasteiger partial charge in [-0.2, -0.15) is 0 Å². The van der Waals surface area contributed by atoms with Gasteiger partial charge in [-0.05, 0) is 61.2 Å². The molecular weight excluding hydrogens is 462 g/mol. The van der Waals surface area contributed by atoms with E-state index < -0.39 is 24.4 Å². The molecule has 1 saturated heterocycles. The smallest absolute Gasteiger partial charge is 0.311 e. The maximum atomic E-state index is 12.6. The van der Waals surface area contributed by atoms with Crippen molar-refractivity contribution in [2.24, 2.45) is 5.92 Å². The number of hydrogen-bond donors (Lipinski definition) is 1. The van der Waals surface area contributed by atoms with Crippen molar-refractivity contribution in [1.29, 1.82) is 0 Å². The number of ether oxygens (including phenoxy) is 2. The highest BCUT2D eigenvalue weighted by Crippen LogP contribution is 2.33. The van der Waals surface area contributed by atoms with Crippen LogP contribution in [0.2, 0.25) is 0 Å². The van der Waals surface area contributed by atoms with Crippen molar-refractivity contribution in [3.63, 3.8) is 0 Å². The standard InChI is InChI=1S/C27H29N3O6/c1-16(2)22-10-5-17(3)11-23(22)35-21-8-6-20(7-9-21)30-14-19(13-26(30)32)27(33)34-15-25(31)28-24-12-18(4)36-29-24/h5-12,16,19H,13-15H2,1-4H3,(H,28,29,31)/t19-/m0/s1. The number of nitrogens with zero attached hydrogens (tertiary/aromatic N) is 2. The Kier molecular flexibility index (Phi) is 7.38. The van der Waals surface area contributed by atoms with E-state index in [1.807, 2.05) is 13.0 Å². The number of nitrogens with one attached hydrogen (secondary N) is 1. The van der Waals surface area contributed by atoms with Gasteiger partial charge in [0.1, 0.15) is 17.3 Å². The molecule has 0 aliphatic carbocycles. The third-order valence-corrected chi connectivity index (χ3v) is 5.87. The van der Waals surface area contributed by atoms with Gasteiger partial charge >= 0.3 is 5.97 Å². The Hall–Kier alpha value is -4.14. The number of anilines is 2. The summed E-state index contributed by atoms with van der Waals surface area (Å²) in [5.74, 6) is 0.581. The largest absolute Gasteiger partial charge is 0.457 e. The zero-order valence-electron chi connectivity index (χ0n) is 20.7. The first-order chi connectivity index (χ1) is 17.2. The molecule has 2 amide bonds. The monoisotopic (exact) mass is 491 g/mol. The van der Waals surface area contributed by atoms with Gasteiger partial charge in [0, 0.05) is 24.7 Å². The summed E-state index contributed by atoms with van der Waals surface area (Å²) in [4.78, 5) is 38.6. The number of carbonyl (C=O) groups is 3. The average Bonchev–Trinajstić information content (AvgIpc) is 3.43. The molecular formula is C27H29N3O6. The molecule has 0 bridgehead atoms. The number of aromatic nitrogens is 1. The first kappa shape index (κ1) is 25.0. The fourth-order valence-electron chi connectivity index (χ4n) is 4.00. The molecule has 0 spiro atoms. The normalized spacial score (nSPS) is 15.3. The van der Waals surface area contributed by atoms with Gasteiger partial charge < -0.3 is 24.2 Å². The van der Waals surface area contributed by atoms with Crippen LogP contribution < -0.4 is 15.0 Å². The third-order valence-electron chi connectivity index (χ3n) is 5.87. The van der Waals surface area contributed by atoms with Crippen LogP contribution in [-0.2, 0) is 19.1 Å². The minimum absolute atomic E-state index is 0.0161. The summed E-state index contributed by atoms with van der Waals surface area (Å²) in [6.07, 6.45) is 0.0161. The highest BCUT2D eigenvalue weighted by molar-refractivity contribution is 6.00. The van der Waals surface area contributed by atoms with E-state index in [4.69, 9.17) is 14.0 Å². The molecule has 1 aromatic heterocycles. The zero-order chi connectivity index (χ0) is 25.8. The summed E-state index contributed by atoms with van der Waals surface area (Å²) in [6, 6.07) is 14.9. The van der Waals surface area contributed by atoms with Crippen molar-refractivity contribution in [3.8, 4) is 11.5 Å². The van der Waals surface area contributed by atoms with E-state index >= 15 is 0 Å². The minimum Gasteiger partial charge on any atom is -0.457 e. The molecule has 2 heterocycles. The number of carbonyl (C=O) groups excluding carboxylic acids is 3. The Bertz CT molecular complexity index is 1260. The zero-order valence-corrected chi connectivity index (χ0v) is 20.7. The number of esters is 1. The van der Waals surface area contributed by atoms with Crippen molar-refractivity contribution >= 4 is 29.3 Å². The van der Waals surface area contributed by atoms with E-state index in [0.717, 1.165) is 16.9 Å². The van der Waals surface area contributed by atoms with Gasteiger partial charge in [-0.15, -0.1) is 0 Å². The van der Waals surface area contributed by atoms with E-state index in [9.17, 15) is 14.4 Å². The lowest BCUT2D eigenvalue weighted by molar-refractivity contribution is -0.151. The Morgan fingerprint density at radius 1 is 1.14 bits per heavy atom. The lowest BCUT2D eigenvalue weighted by Crippen LogP contribution is -2.28. The summed E-state index contributed by atoms with van der Waals surface area (Å²) >= 11 is 0. The molecule has 1 N–H and O–H groups in total. The Balaban J connectivity index is 1.33. The van der Waals surface area contributed by atoms with Crippen LogP contribution in [0.1, 0.15) is 43.1 Å². The summed E-state index contributed by atoms with van der Waals surface area (Å²) in [7, 11) is 0. The molecule has 1 aliphatic rings. The predicted octanol–water partition coefficient (Wildman–Crippen LogP) is 4.74. The summed E-state index contributed by atoms with van der Waals surface area (Å²) < 4.78 is 16.1. The van der Waals surface area contributed by atoms with Gasteiger partial charge in [0.15, 0.2) is 12.4 Å². The molecule has 9 heteroatoms. The van der Waals surface area contributed by atoms with Crippen LogP contribution in [0.25, 0.3) is 0 Å². The molecule has 0 unspecified atom stereocenters. The van der Waals surface area contributed by atoms with E-state index in [-0.39, 0.29) is 24.7 Å². The van der Waals surface area contributed by atoms with E-state index in [0.29, 0.717) is 23.1 Å². The van der Waals surface area contributed by atoms with Crippen LogP contribution in [0.5, 0.6) is 11.5 Å². The first-order valence-corrected chi connectivity index (χ1v) is 11.8. The quantitative estimate of drug-likeness (QED) is 0.453. The van der Waals surface area contributed by atoms with Gasteiger partial charge in [-0.1, -0.05) is 31.1 Å². The molecule has 4 rings (SSSR count). The first-order valence-electron chi connectivity index (χ1n) is 11.8. The second-order valence-corrected chi connectivity index (χ2v) is 9.18. The fraction of sp³-hybridized carbons (Fsp3) is 0.333. The van der Waals surface area contributed by atoms with Crippen molar-refractivity contribution in [3.05, 3.63) is 65.4 Å². The summed E-state index contributed by atoms with van der Waals surface area (Å²) in [6.45, 7) is 7.65. The van der Waals surface area contributed by atoms with Crippen molar-refractivity contribution < 1.29 is 28.4 Å². The number of amides is 2. The van der Waals surface area contributed by atoms with Crippen molar-refractivity contribution in [1.82, 2.24) is 5.16 Å². The second kappa shape index (κ2) is 10.6. The molecule has 2 aromatic carbocycles. The number of rotatable bonds is 8. The van der Waals surface area contributed by atoms with E-state index in [2.05, 4.69) is 36.5 Å². The topological polar surface area (TPSA) is 111 Å². The fourth-order valence-corrected chi connectivity index (χ4v) is 4.00. The molecule has 3 aromatic rings. The van der Waals surface area contributed by atoms with Crippen molar-refractivity contribution in [2.45, 2.75) is 40.0 Å². The Morgan fingerprint density at radius 2 is 1.89 bits per heavy atom. The lowest BCUT2D eigenvalue weighted by Gasteiger charge is -2.18. The SMILES string of the molecule is Cc1ccc(C(C)C)c(Oc2ccc(N3C[C@@H](C(=O)OCC(=O)Nc4cc(C)on4)CC3=O)cc2)c1. The lowest BCUT2D eigenvalue weighted by atomic mass is 10.0. The molecule has 1 aliphatic heterocycles. The predicted molar refractivity (Wildman–Crippen MR) is 133 cm³/mol. The van der Waals surface area contributed by atoms with Crippen LogP contribution in [0, 0.1) is 19.8 Å². The Labute approximate surface area is 209 Å². The molecule has 9 nitrogen and oxygen atoms in total. The van der Waals surface area contributed by atoms with Crippen LogP contribution in [-0.4, -0.2) is 36.1 Å². The summed E-state index contributed by atoms with van der Waals surface area (Å²) in [5, 5.41) is 6.13. The minimum atomic E-state index is -0.656. The second-order valence-electron chi connectivity index (χ2n) is 9.18. The highest BCUT2D eigenvalue weighted by Gasteiger charge is 2.36. The average molecular weight is 492 g/mol. The van der Waals surface area contributed by atoms with Crippen LogP contribution in [0.4, 0.5) is 11.5 Å². The number of aryl methyl sites for hydroxylation is 2. The number of hydrogen-bond acceptors (Lipinski definition) is 7. The van der Waals surface area contributed by atoms with Gasteiger partial charge in [0.05, 0.1) is 5.92 Å². The maximum Gasteiger partial charge on any atom is 0.311 e. The number of benzene rings is 2. The van der Waals surface area contributed by atoms with Gasteiger partial charge in [-0.25, -0.2) is 0 Å². The van der Waals surface area contributed by atoms with Gasteiger partial charge in [0.2, 0.25) is 5.91 Å². The van der Waals surface area contributed by atoms with Gasteiger partial charge in [-0.3, -0.25) is 14.4 Å². The van der Waals surface area contributed by atoms with Gasteiger partial charge in [0.25, 0.3) is 5.91 Å². The summed E-state index contributed by atoms with van der Waals surface area (Å²) in [5.41, 5.74) is 2.89. The van der Waals surface area contributed by atoms with Crippen LogP contribution in [0.3, 0.4) is 0 Å². The van der Waals surface area contributed by atoms with Crippen LogP contribution >= 0.6 is 0 Å². The molecule has 1 fully saturated rings. The van der Waals surface area contributed by atoms with E-state index in [1.54, 1.807) is 42.2 Å².